The number of alkyl halides is 2. The number of amides is 1. The van der Waals surface area contributed by atoms with Crippen molar-refractivity contribution in [2.45, 2.75) is 13.5 Å². The van der Waals surface area contributed by atoms with Crippen LogP contribution in [0.25, 0.3) is 11.8 Å². The van der Waals surface area contributed by atoms with Crippen molar-refractivity contribution in [2.75, 3.05) is 5.32 Å². The Morgan fingerprint density at radius 1 is 1.22 bits per heavy atom. The van der Waals surface area contributed by atoms with Gasteiger partial charge in [-0.2, -0.15) is 8.78 Å². The SMILES string of the molecule is Cc1c(NC(=O)/C=C/c2cc([N+](=O)[O-])ccc2OC(F)F)c(=O)n(-c2ccccc2)n1C. The van der Waals surface area contributed by atoms with Crippen LogP contribution in [0.4, 0.5) is 20.2 Å². The Hall–Kier alpha value is -4.28. The molecule has 0 saturated carbocycles. The molecule has 1 aromatic heterocycles. The molecule has 9 nitrogen and oxygen atoms in total. The van der Waals surface area contributed by atoms with E-state index in [4.69, 9.17) is 0 Å². The first-order valence-electron chi connectivity index (χ1n) is 9.25. The summed E-state index contributed by atoms with van der Waals surface area (Å²) in [6.07, 6.45) is 2.06. The number of nitro groups is 1. The Balaban J connectivity index is 1.89. The summed E-state index contributed by atoms with van der Waals surface area (Å²) in [4.78, 5) is 35.5. The van der Waals surface area contributed by atoms with Gasteiger partial charge in [-0.25, -0.2) is 4.68 Å². The summed E-state index contributed by atoms with van der Waals surface area (Å²) in [5.41, 5.74) is 0.198. The van der Waals surface area contributed by atoms with Crippen LogP contribution in [0.3, 0.4) is 0 Å². The third-order valence-corrected chi connectivity index (χ3v) is 4.64. The third-order valence-electron chi connectivity index (χ3n) is 4.64. The standard InChI is InChI=1S/C21H18F2N4O5/c1-13-19(20(29)26(25(13)2)15-6-4-3-5-7-15)24-18(28)11-8-14-12-16(27(30)31)9-10-17(14)32-21(22)23/h3-12,21H,1-2H3,(H,24,28)/b11-8+. The van der Waals surface area contributed by atoms with Crippen LogP contribution in [-0.4, -0.2) is 26.8 Å². The quantitative estimate of drug-likeness (QED) is 0.340. The van der Waals surface area contributed by atoms with E-state index in [9.17, 15) is 28.5 Å². The molecule has 166 valence electrons. The van der Waals surface area contributed by atoms with Gasteiger partial charge in [0.1, 0.15) is 11.4 Å². The fourth-order valence-electron chi connectivity index (χ4n) is 3.03. The van der Waals surface area contributed by atoms with Crippen molar-refractivity contribution in [2.24, 2.45) is 7.05 Å². The molecule has 1 amide bonds. The molecule has 0 saturated heterocycles. The summed E-state index contributed by atoms with van der Waals surface area (Å²) in [7, 11) is 1.66. The molecular weight excluding hydrogens is 426 g/mol. The summed E-state index contributed by atoms with van der Waals surface area (Å²) in [6.45, 7) is -1.50. The molecule has 0 bridgehead atoms. The van der Waals surface area contributed by atoms with Gasteiger partial charge in [0.25, 0.3) is 11.2 Å². The maximum atomic E-state index is 12.8. The van der Waals surface area contributed by atoms with Gasteiger partial charge in [-0.15, -0.1) is 0 Å². The smallest absolute Gasteiger partial charge is 0.387 e. The number of benzene rings is 2. The Morgan fingerprint density at radius 2 is 1.91 bits per heavy atom. The van der Waals surface area contributed by atoms with Crippen LogP contribution in [0.5, 0.6) is 5.75 Å². The maximum absolute atomic E-state index is 12.8. The molecule has 0 fully saturated rings. The second kappa shape index (κ2) is 9.25. The van der Waals surface area contributed by atoms with E-state index in [-0.39, 0.29) is 22.7 Å². The Kier molecular flexibility index (Phi) is 6.47. The molecule has 0 radical (unpaired) electrons. The normalized spacial score (nSPS) is 11.2. The van der Waals surface area contributed by atoms with Gasteiger partial charge in [0.05, 0.1) is 16.3 Å². The van der Waals surface area contributed by atoms with Crippen LogP contribution >= 0.6 is 0 Å². The molecule has 0 aliphatic heterocycles. The number of rotatable bonds is 7. The maximum Gasteiger partial charge on any atom is 0.387 e. The fraction of sp³-hybridized carbons (Fsp3) is 0.143. The summed E-state index contributed by atoms with van der Waals surface area (Å²) < 4.78 is 32.5. The molecule has 0 spiro atoms. The molecule has 11 heteroatoms. The van der Waals surface area contributed by atoms with Crippen LogP contribution in [0, 0.1) is 17.0 Å². The lowest BCUT2D eigenvalue weighted by Crippen LogP contribution is -2.22. The molecule has 32 heavy (non-hydrogen) atoms. The van der Waals surface area contributed by atoms with E-state index in [0.717, 1.165) is 30.4 Å². The largest absolute Gasteiger partial charge is 0.434 e. The average Bonchev–Trinajstić information content (AvgIpc) is 2.96. The number of ether oxygens (including phenoxy) is 1. The van der Waals surface area contributed by atoms with Gasteiger partial charge in [0.2, 0.25) is 5.91 Å². The van der Waals surface area contributed by atoms with E-state index in [1.165, 1.54) is 4.68 Å². The van der Waals surface area contributed by atoms with E-state index in [2.05, 4.69) is 10.1 Å². The first-order chi connectivity index (χ1) is 15.2. The van der Waals surface area contributed by atoms with Crippen molar-refractivity contribution >= 4 is 23.4 Å². The number of carbonyl (C=O) groups excluding carboxylic acids is 1. The summed E-state index contributed by atoms with van der Waals surface area (Å²) in [5.74, 6) is -1.07. The van der Waals surface area contributed by atoms with Crippen molar-refractivity contribution in [1.82, 2.24) is 9.36 Å². The summed E-state index contributed by atoms with van der Waals surface area (Å²) >= 11 is 0. The number of aromatic nitrogens is 2. The monoisotopic (exact) mass is 444 g/mol. The van der Waals surface area contributed by atoms with Crippen molar-refractivity contribution in [1.29, 1.82) is 0 Å². The van der Waals surface area contributed by atoms with Gasteiger partial charge in [-0.1, -0.05) is 18.2 Å². The summed E-state index contributed by atoms with van der Waals surface area (Å²) in [6, 6.07) is 11.8. The van der Waals surface area contributed by atoms with Crippen molar-refractivity contribution in [3.05, 3.63) is 86.3 Å². The Bertz CT molecular complexity index is 1250. The fourth-order valence-corrected chi connectivity index (χ4v) is 3.03. The lowest BCUT2D eigenvalue weighted by Gasteiger charge is -2.07. The zero-order valence-corrected chi connectivity index (χ0v) is 17.0. The lowest BCUT2D eigenvalue weighted by molar-refractivity contribution is -0.384. The molecule has 0 atom stereocenters. The zero-order valence-electron chi connectivity index (χ0n) is 17.0. The van der Waals surface area contributed by atoms with Crippen LogP contribution in [-0.2, 0) is 11.8 Å². The summed E-state index contributed by atoms with van der Waals surface area (Å²) in [5, 5.41) is 13.4. The number of nitro benzene ring substituents is 1. The van der Waals surface area contributed by atoms with E-state index in [1.54, 1.807) is 49.0 Å². The highest BCUT2D eigenvalue weighted by atomic mass is 19.3. The van der Waals surface area contributed by atoms with E-state index in [0.29, 0.717) is 11.4 Å². The van der Waals surface area contributed by atoms with Gasteiger partial charge in [0.15, 0.2) is 0 Å². The number of non-ortho nitro benzene ring substituents is 1. The van der Waals surface area contributed by atoms with Crippen molar-refractivity contribution in [3.8, 4) is 11.4 Å². The highest BCUT2D eigenvalue weighted by molar-refractivity contribution is 6.02. The third kappa shape index (κ3) is 4.72. The average molecular weight is 444 g/mol. The van der Waals surface area contributed by atoms with Gasteiger partial charge in [-0.3, -0.25) is 24.4 Å². The van der Waals surface area contributed by atoms with Crippen LogP contribution < -0.4 is 15.6 Å². The topological polar surface area (TPSA) is 108 Å². The van der Waals surface area contributed by atoms with Gasteiger partial charge >= 0.3 is 6.61 Å². The first kappa shape index (κ1) is 22.4. The van der Waals surface area contributed by atoms with Gasteiger partial charge in [0, 0.05) is 30.8 Å². The number of halogens is 2. The molecule has 0 unspecified atom stereocenters. The number of para-hydroxylation sites is 1. The van der Waals surface area contributed by atoms with E-state index >= 15 is 0 Å². The van der Waals surface area contributed by atoms with Crippen molar-refractivity contribution in [3.63, 3.8) is 0 Å². The van der Waals surface area contributed by atoms with Crippen LogP contribution in [0.15, 0.2) is 59.4 Å². The number of hydrogen-bond acceptors (Lipinski definition) is 5. The minimum absolute atomic E-state index is 0.0362. The molecule has 3 aromatic rings. The Morgan fingerprint density at radius 3 is 2.53 bits per heavy atom. The van der Waals surface area contributed by atoms with Crippen LogP contribution in [0.1, 0.15) is 11.3 Å². The molecule has 2 aromatic carbocycles. The zero-order chi connectivity index (χ0) is 23.4. The van der Waals surface area contributed by atoms with Gasteiger partial charge < -0.3 is 10.1 Å². The molecule has 1 N–H and O–H groups in total. The minimum atomic E-state index is -3.15. The predicted molar refractivity (Wildman–Crippen MR) is 113 cm³/mol. The first-order valence-corrected chi connectivity index (χ1v) is 9.25. The molecule has 0 aliphatic rings. The number of anilines is 1. The molecule has 3 rings (SSSR count). The number of hydrogen-bond donors (Lipinski definition) is 1. The number of carbonyl (C=O) groups is 1. The number of nitrogens with zero attached hydrogens (tertiary/aromatic N) is 3. The predicted octanol–water partition coefficient (Wildman–Crippen LogP) is 3.65. The molecular formula is C21H18F2N4O5. The second-order valence-corrected chi connectivity index (χ2v) is 6.62. The lowest BCUT2D eigenvalue weighted by atomic mass is 10.1. The highest BCUT2D eigenvalue weighted by Gasteiger charge is 2.18. The van der Waals surface area contributed by atoms with Gasteiger partial charge in [-0.05, 0) is 31.2 Å². The molecule has 1 heterocycles. The second-order valence-electron chi connectivity index (χ2n) is 6.62. The van der Waals surface area contributed by atoms with E-state index < -0.39 is 23.0 Å². The van der Waals surface area contributed by atoms with Crippen LogP contribution in [0.2, 0.25) is 0 Å². The van der Waals surface area contributed by atoms with E-state index in [1.807, 2.05) is 0 Å². The minimum Gasteiger partial charge on any atom is -0.434 e. The Labute approximate surface area is 180 Å². The highest BCUT2D eigenvalue weighted by Crippen LogP contribution is 2.27. The number of nitrogens with one attached hydrogen (secondary N) is 1. The van der Waals surface area contributed by atoms with Crippen molar-refractivity contribution < 1.29 is 23.2 Å². The molecule has 0 aliphatic carbocycles.